The molecule has 1 amide bonds. The molecule has 1 aromatic carbocycles. The summed E-state index contributed by atoms with van der Waals surface area (Å²) in [5.74, 6) is -0.299. The molecule has 0 aliphatic rings. The lowest BCUT2D eigenvalue weighted by Crippen LogP contribution is -2.45. The van der Waals surface area contributed by atoms with Crippen molar-refractivity contribution in [1.82, 2.24) is 4.72 Å². The molecular formula is C15H26ClN3O3S. The molecule has 0 saturated heterocycles. The van der Waals surface area contributed by atoms with Gasteiger partial charge in [0.05, 0.1) is 10.9 Å². The molecule has 1 aromatic rings. The largest absolute Gasteiger partial charge is 0.325 e. The van der Waals surface area contributed by atoms with Crippen molar-refractivity contribution in [1.29, 1.82) is 0 Å². The number of hydrogen-bond acceptors (Lipinski definition) is 4. The van der Waals surface area contributed by atoms with Crippen LogP contribution in [0.25, 0.3) is 0 Å². The number of anilines is 1. The Morgan fingerprint density at radius 2 is 1.74 bits per heavy atom. The SMILES string of the molecule is CCCNS(=O)(=O)c1ccc(NC(=O)[C@@H](N)C(C)(C)C)cc1.Cl. The van der Waals surface area contributed by atoms with Crippen molar-refractivity contribution in [3.05, 3.63) is 24.3 Å². The van der Waals surface area contributed by atoms with Gasteiger partial charge in [0.1, 0.15) is 0 Å². The Hall–Kier alpha value is -1.15. The summed E-state index contributed by atoms with van der Waals surface area (Å²) in [7, 11) is -3.49. The molecule has 0 radical (unpaired) electrons. The normalized spacial score (nSPS) is 13.1. The van der Waals surface area contributed by atoms with Crippen molar-refractivity contribution < 1.29 is 13.2 Å². The Morgan fingerprint density at radius 1 is 1.22 bits per heavy atom. The third-order valence-electron chi connectivity index (χ3n) is 3.19. The number of nitrogens with two attached hydrogens (primary N) is 1. The van der Waals surface area contributed by atoms with Gasteiger partial charge in [0.2, 0.25) is 15.9 Å². The van der Waals surface area contributed by atoms with Crippen LogP contribution in [0.15, 0.2) is 29.2 Å². The van der Waals surface area contributed by atoms with E-state index < -0.39 is 16.1 Å². The maximum atomic E-state index is 12.0. The van der Waals surface area contributed by atoms with Crippen LogP contribution < -0.4 is 15.8 Å². The van der Waals surface area contributed by atoms with Gasteiger partial charge in [-0.3, -0.25) is 4.79 Å². The van der Waals surface area contributed by atoms with Gasteiger partial charge in [-0.15, -0.1) is 12.4 Å². The number of carbonyl (C=O) groups excluding carboxylic acids is 1. The molecule has 0 spiro atoms. The lowest BCUT2D eigenvalue weighted by atomic mass is 9.87. The fraction of sp³-hybridized carbons (Fsp3) is 0.533. The Kier molecular flexibility index (Phi) is 8.20. The Bertz CT molecular complexity index is 610. The van der Waals surface area contributed by atoms with Crippen LogP contribution in [-0.4, -0.2) is 26.9 Å². The predicted molar refractivity (Wildman–Crippen MR) is 95.2 cm³/mol. The maximum absolute atomic E-state index is 12.0. The average molecular weight is 364 g/mol. The fourth-order valence-electron chi connectivity index (χ4n) is 1.65. The van der Waals surface area contributed by atoms with E-state index in [2.05, 4.69) is 10.0 Å². The lowest BCUT2D eigenvalue weighted by Gasteiger charge is -2.25. The van der Waals surface area contributed by atoms with Gasteiger partial charge >= 0.3 is 0 Å². The van der Waals surface area contributed by atoms with Gasteiger partial charge in [-0.05, 0) is 36.1 Å². The monoisotopic (exact) mass is 363 g/mol. The van der Waals surface area contributed by atoms with E-state index in [0.717, 1.165) is 6.42 Å². The summed E-state index contributed by atoms with van der Waals surface area (Å²) in [6, 6.07) is 5.36. The smallest absolute Gasteiger partial charge is 0.241 e. The zero-order valence-corrected chi connectivity index (χ0v) is 15.6. The number of amides is 1. The fourth-order valence-corrected chi connectivity index (χ4v) is 2.78. The highest BCUT2D eigenvalue weighted by atomic mass is 35.5. The molecule has 132 valence electrons. The highest BCUT2D eigenvalue weighted by Crippen LogP contribution is 2.19. The second kappa shape index (κ2) is 8.63. The van der Waals surface area contributed by atoms with E-state index in [-0.39, 0.29) is 28.6 Å². The van der Waals surface area contributed by atoms with Gasteiger partial charge in [-0.1, -0.05) is 27.7 Å². The Morgan fingerprint density at radius 3 is 2.17 bits per heavy atom. The van der Waals surface area contributed by atoms with Crippen LogP contribution in [0.5, 0.6) is 0 Å². The van der Waals surface area contributed by atoms with Crippen LogP contribution in [0.3, 0.4) is 0 Å². The molecule has 0 aromatic heterocycles. The first-order chi connectivity index (χ1) is 10.1. The van der Waals surface area contributed by atoms with Crippen LogP contribution in [0.2, 0.25) is 0 Å². The summed E-state index contributed by atoms with van der Waals surface area (Å²) in [4.78, 5) is 12.2. The van der Waals surface area contributed by atoms with Crippen LogP contribution in [-0.2, 0) is 14.8 Å². The van der Waals surface area contributed by atoms with Crippen molar-refractivity contribution in [2.24, 2.45) is 11.1 Å². The first kappa shape index (κ1) is 21.9. The summed E-state index contributed by atoms with van der Waals surface area (Å²) >= 11 is 0. The van der Waals surface area contributed by atoms with Gasteiger partial charge in [0, 0.05) is 12.2 Å². The van der Waals surface area contributed by atoms with Crippen LogP contribution in [0.1, 0.15) is 34.1 Å². The molecule has 0 unspecified atom stereocenters. The minimum Gasteiger partial charge on any atom is -0.325 e. The number of hydrogen-bond donors (Lipinski definition) is 3. The van der Waals surface area contributed by atoms with E-state index in [9.17, 15) is 13.2 Å². The maximum Gasteiger partial charge on any atom is 0.241 e. The van der Waals surface area contributed by atoms with Gasteiger partial charge in [-0.25, -0.2) is 13.1 Å². The van der Waals surface area contributed by atoms with E-state index in [1.54, 1.807) is 12.1 Å². The summed E-state index contributed by atoms with van der Waals surface area (Å²) in [6.45, 7) is 7.92. The Balaban J connectivity index is 0.00000484. The molecule has 0 aliphatic heterocycles. The second-order valence-electron chi connectivity index (χ2n) is 6.26. The van der Waals surface area contributed by atoms with E-state index in [1.165, 1.54) is 12.1 Å². The molecular weight excluding hydrogens is 338 g/mol. The van der Waals surface area contributed by atoms with Crippen LogP contribution in [0.4, 0.5) is 5.69 Å². The predicted octanol–water partition coefficient (Wildman–Crippen LogP) is 2.11. The molecule has 8 heteroatoms. The lowest BCUT2D eigenvalue weighted by molar-refractivity contribution is -0.119. The number of rotatable bonds is 6. The molecule has 0 saturated carbocycles. The molecule has 6 nitrogen and oxygen atoms in total. The molecule has 1 atom stereocenters. The third kappa shape index (κ3) is 6.47. The zero-order chi connectivity index (χ0) is 17.0. The van der Waals surface area contributed by atoms with Gasteiger partial charge < -0.3 is 11.1 Å². The highest BCUT2D eigenvalue weighted by Gasteiger charge is 2.27. The number of benzene rings is 1. The first-order valence-electron chi connectivity index (χ1n) is 7.24. The molecule has 0 heterocycles. The minimum atomic E-state index is -3.49. The van der Waals surface area contributed by atoms with E-state index in [1.807, 2.05) is 27.7 Å². The zero-order valence-electron chi connectivity index (χ0n) is 13.9. The van der Waals surface area contributed by atoms with E-state index >= 15 is 0 Å². The molecule has 0 aliphatic carbocycles. The van der Waals surface area contributed by atoms with Gasteiger partial charge in [0.25, 0.3) is 0 Å². The molecule has 23 heavy (non-hydrogen) atoms. The molecule has 1 rings (SSSR count). The van der Waals surface area contributed by atoms with Gasteiger partial charge in [-0.2, -0.15) is 0 Å². The Labute approximate surface area is 144 Å². The third-order valence-corrected chi connectivity index (χ3v) is 4.67. The summed E-state index contributed by atoms with van der Waals surface area (Å²) in [5.41, 5.74) is 6.04. The topological polar surface area (TPSA) is 101 Å². The van der Waals surface area contributed by atoms with Crippen LogP contribution >= 0.6 is 12.4 Å². The average Bonchev–Trinajstić information content (AvgIpc) is 2.44. The van der Waals surface area contributed by atoms with Crippen molar-refractivity contribution in [3.63, 3.8) is 0 Å². The second-order valence-corrected chi connectivity index (χ2v) is 8.02. The van der Waals surface area contributed by atoms with Gasteiger partial charge in [0.15, 0.2) is 0 Å². The number of halogens is 1. The number of sulfonamides is 1. The van der Waals surface area contributed by atoms with E-state index in [4.69, 9.17) is 5.73 Å². The summed E-state index contributed by atoms with van der Waals surface area (Å²) in [5, 5.41) is 2.69. The van der Waals surface area contributed by atoms with Crippen molar-refractivity contribution >= 4 is 34.0 Å². The molecule has 4 N–H and O–H groups in total. The highest BCUT2D eigenvalue weighted by molar-refractivity contribution is 7.89. The minimum absolute atomic E-state index is 0. The molecule has 0 fully saturated rings. The van der Waals surface area contributed by atoms with Crippen molar-refractivity contribution in [3.8, 4) is 0 Å². The summed E-state index contributed by atoms with van der Waals surface area (Å²) < 4.78 is 26.4. The molecule has 0 bridgehead atoms. The standard InChI is InChI=1S/C15H25N3O3S.ClH/c1-5-10-17-22(20,21)12-8-6-11(7-9-12)18-14(19)13(16)15(2,3)4;/h6-9,13,17H,5,10,16H2,1-4H3,(H,18,19);1H/t13-;/m1./s1. The van der Waals surface area contributed by atoms with Crippen LogP contribution in [0, 0.1) is 5.41 Å². The quantitative estimate of drug-likeness (QED) is 0.720. The van der Waals surface area contributed by atoms with Crippen molar-refractivity contribution in [2.45, 2.75) is 45.1 Å². The number of carbonyl (C=O) groups is 1. The van der Waals surface area contributed by atoms with E-state index in [0.29, 0.717) is 12.2 Å². The van der Waals surface area contributed by atoms with Crippen molar-refractivity contribution in [2.75, 3.05) is 11.9 Å². The summed E-state index contributed by atoms with van der Waals surface area (Å²) in [6.07, 6.45) is 0.720. The first-order valence-corrected chi connectivity index (χ1v) is 8.72. The number of nitrogens with one attached hydrogen (secondary N) is 2.